The van der Waals surface area contributed by atoms with Crippen LogP contribution in [0.3, 0.4) is 0 Å². The molecule has 1 aromatic carbocycles. The third-order valence-corrected chi connectivity index (χ3v) is 8.47. The summed E-state index contributed by atoms with van der Waals surface area (Å²) in [5, 5.41) is 4.88. The number of nitrogens with one attached hydrogen (secondary N) is 1. The maximum Gasteiger partial charge on any atom is 0.164 e. The molecule has 2 aromatic heterocycles. The lowest BCUT2D eigenvalue weighted by molar-refractivity contribution is 0.221. The molecular formula is C30H38N5P. The van der Waals surface area contributed by atoms with E-state index in [1.165, 1.54) is 61.6 Å². The van der Waals surface area contributed by atoms with E-state index in [0.717, 1.165) is 44.2 Å². The molecule has 2 aliphatic rings. The van der Waals surface area contributed by atoms with E-state index in [9.17, 15) is 0 Å². The Labute approximate surface area is 217 Å². The van der Waals surface area contributed by atoms with Crippen molar-refractivity contribution in [2.24, 2.45) is 0 Å². The number of allylic oxidation sites excluding steroid dienone is 4. The van der Waals surface area contributed by atoms with Crippen molar-refractivity contribution in [1.82, 2.24) is 18.9 Å². The van der Waals surface area contributed by atoms with Gasteiger partial charge in [0, 0.05) is 56.6 Å². The molecule has 188 valence electrons. The summed E-state index contributed by atoms with van der Waals surface area (Å²) in [4.78, 5) is 9.61. The molecule has 2 aliphatic heterocycles. The van der Waals surface area contributed by atoms with Crippen molar-refractivity contribution in [2.75, 3.05) is 25.0 Å². The minimum Gasteiger partial charge on any atom is -0.369 e. The highest BCUT2D eigenvalue weighted by Gasteiger charge is 2.19. The van der Waals surface area contributed by atoms with E-state index in [-0.39, 0.29) is 0 Å². The number of likely N-dealkylation sites (tertiary alicyclic amines) is 2. The highest BCUT2D eigenvalue weighted by Crippen LogP contribution is 2.34. The summed E-state index contributed by atoms with van der Waals surface area (Å²) < 4.78 is 2.20. The molecular weight excluding hydrogens is 461 g/mol. The van der Waals surface area contributed by atoms with Crippen LogP contribution in [0, 0.1) is 0 Å². The van der Waals surface area contributed by atoms with Crippen molar-refractivity contribution in [3.8, 4) is 10.9 Å². The minimum atomic E-state index is 0.586. The van der Waals surface area contributed by atoms with Crippen LogP contribution in [0.2, 0.25) is 0 Å². The van der Waals surface area contributed by atoms with Crippen LogP contribution in [0.25, 0.3) is 16.5 Å². The van der Waals surface area contributed by atoms with Crippen LogP contribution in [0.15, 0.2) is 78.9 Å². The fourth-order valence-electron chi connectivity index (χ4n) is 5.37. The predicted molar refractivity (Wildman–Crippen MR) is 153 cm³/mol. The number of rotatable bonds is 8. The maximum absolute atomic E-state index is 4.62. The van der Waals surface area contributed by atoms with Gasteiger partial charge in [0.2, 0.25) is 0 Å². The molecule has 0 spiro atoms. The molecule has 1 atom stereocenters. The van der Waals surface area contributed by atoms with E-state index >= 15 is 0 Å². The molecule has 5 nitrogen and oxygen atoms in total. The molecule has 1 N–H and O–H groups in total. The average Bonchev–Trinajstić information content (AvgIpc) is 3.54. The van der Waals surface area contributed by atoms with Gasteiger partial charge in [-0.15, -0.1) is 0 Å². The van der Waals surface area contributed by atoms with E-state index in [4.69, 9.17) is 0 Å². The first-order chi connectivity index (χ1) is 17.6. The Morgan fingerprint density at radius 2 is 2.03 bits per heavy atom. The minimum absolute atomic E-state index is 0.586. The van der Waals surface area contributed by atoms with Crippen molar-refractivity contribution < 1.29 is 0 Å². The highest BCUT2D eigenvalue weighted by atomic mass is 31.0. The standard InChI is InChI=1S/C30H38N5P/c1-23(10-7-11-24(2)34-18-9-12-25(34)3)32-28-21-29(36-35-19-15-31-30(28)35)27-14-8-13-26(20-27)22-33-16-5-4-6-17-33/h7-8,10-11,13-15,19-21,25,32H,2,4-6,9,12,16-18,22H2,1,3H3/b11-7-,23-10+. The summed E-state index contributed by atoms with van der Waals surface area (Å²) in [7, 11) is 1.13. The van der Waals surface area contributed by atoms with Gasteiger partial charge < -0.3 is 10.2 Å². The molecule has 0 radical (unpaired) electrons. The average molecular weight is 500 g/mol. The molecule has 2 saturated heterocycles. The van der Waals surface area contributed by atoms with Gasteiger partial charge in [-0.05, 0) is 88.0 Å². The van der Waals surface area contributed by atoms with E-state index < -0.39 is 0 Å². The Morgan fingerprint density at radius 1 is 1.17 bits per heavy atom. The molecule has 1 unspecified atom stereocenters. The Balaban J connectivity index is 1.33. The first kappa shape index (κ1) is 24.8. The molecule has 0 aliphatic carbocycles. The molecule has 3 aromatic rings. The largest absolute Gasteiger partial charge is 0.369 e. The van der Waals surface area contributed by atoms with Gasteiger partial charge in [-0.3, -0.25) is 9.06 Å². The number of imidazole rings is 1. The third kappa shape index (κ3) is 5.91. The number of nitrogens with zero attached hydrogens (tertiary/aromatic N) is 4. The van der Waals surface area contributed by atoms with Gasteiger partial charge in [0.25, 0.3) is 0 Å². The van der Waals surface area contributed by atoms with Crippen LogP contribution in [0.4, 0.5) is 5.69 Å². The Hall–Kier alpha value is -2.88. The van der Waals surface area contributed by atoms with Crippen LogP contribution in [0.1, 0.15) is 51.5 Å². The number of piperidine rings is 1. The lowest BCUT2D eigenvalue weighted by atomic mass is 10.1. The highest BCUT2D eigenvalue weighted by molar-refractivity contribution is 7.30. The van der Waals surface area contributed by atoms with E-state index in [0.29, 0.717) is 6.04 Å². The normalized spacial score (nSPS) is 19.7. The quantitative estimate of drug-likeness (QED) is 0.327. The van der Waals surface area contributed by atoms with Crippen LogP contribution < -0.4 is 5.32 Å². The zero-order valence-electron chi connectivity index (χ0n) is 21.7. The van der Waals surface area contributed by atoms with Gasteiger partial charge >= 0.3 is 0 Å². The van der Waals surface area contributed by atoms with E-state index in [2.05, 4.69) is 99.4 Å². The van der Waals surface area contributed by atoms with Crippen LogP contribution in [-0.2, 0) is 6.54 Å². The zero-order chi connectivity index (χ0) is 24.9. The topological polar surface area (TPSA) is 35.8 Å². The fraction of sp³-hybridized carbons (Fsp3) is 0.400. The second-order valence-corrected chi connectivity index (χ2v) is 11.3. The number of fused-ring (bicyclic) bond motifs is 1. The first-order valence-electron chi connectivity index (χ1n) is 13.3. The van der Waals surface area contributed by atoms with Crippen LogP contribution in [0.5, 0.6) is 0 Å². The fourth-order valence-corrected chi connectivity index (χ4v) is 6.42. The van der Waals surface area contributed by atoms with Crippen LogP contribution >= 0.6 is 8.35 Å². The van der Waals surface area contributed by atoms with Crippen molar-refractivity contribution in [2.45, 2.75) is 58.5 Å². The SMILES string of the molecule is C=C(/C=C\C=C(/C)Nc1cc(-c2cccc(CN3CCCCC3)c2)pn2ccnc12)N1CCCC1C. The second kappa shape index (κ2) is 11.5. The molecule has 4 heterocycles. The van der Waals surface area contributed by atoms with Crippen molar-refractivity contribution >= 4 is 19.7 Å². The van der Waals surface area contributed by atoms with E-state index in [1.54, 1.807) is 0 Å². The van der Waals surface area contributed by atoms with Crippen molar-refractivity contribution in [3.63, 3.8) is 0 Å². The summed E-state index contributed by atoms with van der Waals surface area (Å²) in [6.45, 7) is 13.2. The molecule has 0 bridgehead atoms. The van der Waals surface area contributed by atoms with Gasteiger partial charge in [-0.1, -0.05) is 37.3 Å². The van der Waals surface area contributed by atoms with Crippen LogP contribution in [-0.4, -0.2) is 44.6 Å². The van der Waals surface area contributed by atoms with Gasteiger partial charge in [0.1, 0.15) is 0 Å². The second-order valence-electron chi connectivity index (χ2n) is 10.2. The molecule has 2 fully saturated rings. The van der Waals surface area contributed by atoms with Crippen molar-refractivity contribution in [1.29, 1.82) is 0 Å². The lowest BCUT2D eigenvalue weighted by Gasteiger charge is -2.26. The van der Waals surface area contributed by atoms with Gasteiger partial charge in [-0.25, -0.2) is 4.98 Å². The summed E-state index contributed by atoms with van der Waals surface area (Å²) in [6, 6.07) is 11.9. The van der Waals surface area contributed by atoms with Gasteiger partial charge in [0.05, 0.1) is 5.69 Å². The summed E-state index contributed by atoms with van der Waals surface area (Å²) in [5.74, 6) is 0. The van der Waals surface area contributed by atoms with Gasteiger partial charge in [-0.2, -0.15) is 0 Å². The lowest BCUT2D eigenvalue weighted by Crippen LogP contribution is -2.29. The number of benzene rings is 1. The third-order valence-electron chi connectivity index (χ3n) is 7.33. The molecule has 0 saturated carbocycles. The molecule has 36 heavy (non-hydrogen) atoms. The summed E-state index contributed by atoms with van der Waals surface area (Å²) in [5.41, 5.74) is 6.84. The number of hydrogen-bond donors (Lipinski definition) is 1. The number of anilines is 1. The number of aromatic nitrogens is 2. The summed E-state index contributed by atoms with van der Waals surface area (Å²) in [6.07, 6.45) is 16.8. The number of hydrogen-bond acceptors (Lipinski definition) is 4. The van der Waals surface area contributed by atoms with Gasteiger partial charge in [0.15, 0.2) is 5.65 Å². The Bertz CT molecular complexity index is 1270. The monoisotopic (exact) mass is 499 g/mol. The van der Waals surface area contributed by atoms with E-state index in [1.807, 2.05) is 6.20 Å². The van der Waals surface area contributed by atoms with Crippen molar-refractivity contribution in [3.05, 3.63) is 84.5 Å². The zero-order valence-corrected chi connectivity index (χ0v) is 22.6. The smallest absolute Gasteiger partial charge is 0.164 e. The molecule has 6 heteroatoms. The first-order valence-corrected chi connectivity index (χ1v) is 14.1. The predicted octanol–water partition coefficient (Wildman–Crippen LogP) is 7.44. The summed E-state index contributed by atoms with van der Waals surface area (Å²) >= 11 is 0. The Kier molecular flexibility index (Phi) is 7.89. The Morgan fingerprint density at radius 3 is 2.83 bits per heavy atom. The maximum atomic E-state index is 4.62. The molecule has 0 amide bonds. The molecule has 5 rings (SSSR count).